The van der Waals surface area contributed by atoms with E-state index in [1.165, 1.54) is 24.9 Å². The lowest BCUT2D eigenvalue weighted by molar-refractivity contribution is 0.102. The van der Waals surface area contributed by atoms with Gasteiger partial charge in [0.15, 0.2) is 9.84 Å². The molecule has 3 aromatic carbocycles. The SMILES string of the molecule is COc1ccc(-c2cc(SC)ccc2C(=O)Nc2ccc(Cl)c(-c3ccccn3)c2)cc1S(C)(=O)=O. The van der Waals surface area contributed by atoms with E-state index in [0.29, 0.717) is 38.7 Å². The van der Waals surface area contributed by atoms with Crippen LogP contribution in [0.25, 0.3) is 22.4 Å². The Morgan fingerprint density at radius 1 is 1.00 bits per heavy atom. The van der Waals surface area contributed by atoms with Crippen molar-refractivity contribution in [3.05, 3.63) is 89.6 Å². The molecule has 4 aromatic rings. The lowest BCUT2D eigenvalue weighted by atomic mass is 9.98. The third kappa shape index (κ3) is 5.56. The van der Waals surface area contributed by atoms with Crippen molar-refractivity contribution in [2.24, 2.45) is 0 Å². The lowest BCUT2D eigenvalue weighted by Gasteiger charge is -2.15. The smallest absolute Gasteiger partial charge is 0.256 e. The molecule has 0 radical (unpaired) electrons. The Morgan fingerprint density at radius 2 is 1.81 bits per heavy atom. The van der Waals surface area contributed by atoms with Gasteiger partial charge in [-0.05, 0) is 78.0 Å². The number of nitrogens with one attached hydrogen (secondary N) is 1. The van der Waals surface area contributed by atoms with Crippen molar-refractivity contribution in [1.82, 2.24) is 4.98 Å². The molecule has 1 amide bonds. The van der Waals surface area contributed by atoms with E-state index in [-0.39, 0.29) is 16.6 Å². The van der Waals surface area contributed by atoms with E-state index in [1.54, 1.807) is 42.6 Å². The molecule has 184 valence electrons. The molecule has 0 spiro atoms. The van der Waals surface area contributed by atoms with Crippen molar-refractivity contribution in [1.29, 1.82) is 0 Å². The minimum Gasteiger partial charge on any atom is -0.495 e. The van der Waals surface area contributed by atoms with Crippen LogP contribution in [0.2, 0.25) is 5.02 Å². The third-order valence-corrected chi connectivity index (χ3v) is 7.68. The Bertz CT molecular complexity index is 1540. The Morgan fingerprint density at radius 3 is 2.47 bits per heavy atom. The summed E-state index contributed by atoms with van der Waals surface area (Å²) in [5.74, 6) is -0.0971. The second-order valence-corrected chi connectivity index (χ2v) is 11.2. The summed E-state index contributed by atoms with van der Waals surface area (Å²) in [5, 5.41) is 3.45. The number of aromatic nitrogens is 1. The highest BCUT2D eigenvalue weighted by atomic mass is 35.5. The molecule has 0 saturated heterocycles. The van der Waals surface area contributed by atoms with E-state index in [1.807, 2.05) is 36.6 Å². The molecular formula is C27H23ClN2O4S2. The van der Waals surface area contributed by atoms with Crippen LogP contribution in [0.15, 0.2) is 88.8 Å². The van der Waals surface area contributed by atoms with E-state index in [9.17, 15) is 13.2 Å². The van der Waals surface area contributed by atoms with Crippen molar-refractivity contribution in [3.8, 4) is 28.1 Å². The molecule has 4 rings (SSSR count). The monoisotopic (exact) mass is 538 g/mol. The number of carbonyl (C=O) groups excluding carboxylic acids is 1. The van der Waals surface area contributed by atoms with Gasteiger partial charge in [0.1, 0.15) is 10.6 Å². The summed E-state index contributed by atoms with van der Waals surface area (Å²) in [6.07, 6.45) is 4.73. The highest BCUT2D eigenvalue weighted by Gasteiger charge is 2.19. The van der Waals surface area contributed by atoms with E-state index in [2.05, 4.69) is 10.3 Å². The highest BCUT2D eigenvalue weighted by Crippen LogP contribution is 2.35. The number of nitrogens with zero attached hydrogens (tertiary/aromatic N) is 1. The maximum Gasteiger partial charge on any atom is 0.256 e. The predicted octanol–water partition coefficient (Wildman–Crippen LogP) is 6.46. The van der Waals surface area contributed by atoms with E-state index in [4.69, 9.17) is 16.3 Å². The maximum atomic E-state index is 13.4. The quantitative estimate of drug-likeness (QED) is 0.272. The van der Waals surface area contributed by atoms with Crippen molar-refractivity contribution in [2.75, 3.05) is 24.9 Å². The van der Waals surface area contributed by atoms with Crippen molar-refractivity contribution < 1.29 is 17.9 Å². The first-order chi connectivity index (χ1) is 17.2. The number of anilines is 1. The number of sulfone groups is 1. The first-order valence-corrected chi connectivity index (χ1v) is 14.3. The van der Waals surface area contributed by atoms with Crippen LogP contribution in [-0.4, -0.2) is 38.9 Å². The van der Waals surface area contributed by atoms with Gasteiger partial charge in [-0.3, -0.25) is 9.78 Å². The number of ether oxygens (including phenoxy) is 1. The molecule has 0 fully saturated rings. The minimum absolute atomic E-state index is 0.0566. The molecule has 0 bridgehead atoms. The standard InChI is InChI=1S/C27H23ClN2O4S2/c1-34-25-12-7-17(14-26(25)36(3,32)33)21-16-19(35-2)9-10-20(21)27(31)30-18-8-11-23(28)22(15-18)24-6-4-5-13-29-24/h4-16H,1-3H3,(H,30,31). The number of benzene rings is 3. The molecule has 0 atom stereocenters. The van der Waals surface area contributed by atoms with Crippen molar-refractivity contribution in [2.45, 2.75) is 9.79 Å². The minimum atomic E-state index is -3.56. The molecule has 6 nitrogen and oxygen atoms in total. The molecule has 1 aromatic heterocycles. The molecule has 0 aliphatic rings. The van der Waals surface area contributed by atoms with Crippen LogP contribution in [0, 0.1) is 0 Å². The zero-order chi connectivity index (χ0) is 25.9. The van der Waals surface area contributed by atoms with Crippen LogP contribution in [0.3, 0.4) is 0 Å². The fraction of sp³-hybridized carbons (Fsp3) is 0.111. The zero-order valence-corrected chi connectivity index (χ0v) is 22.2. The molecule has 0 aliphatic heterocycles. The first-order valence-electron chi connectivity index (χ1n) is 10.8. The van der Waals surface area contributed by atoms with Gasteiger partial charge in [0.05, 0.1) is 17.8 Å². The van der Waals surface area contributed by atoms with Gasteiger partial charge in [0.25, 0.3) is 5.91 Å². The van der Waals surface area contributed by atoms with Crippen molar-refractivity contribution in [3.63, 3.8) is 0 Å². The van der Waals surface area contributed by atoms with Gasteiger partial charge in [0.2, 0.25) is 0 Å². The normalized spacial score (nSPS) is 11.2. The van der Waals surface area contributed by atoms with Crippen molar-refractivity contribution >= 4 is 44.8 Å². The van der Waals surface area contributed by atoms with Gasteiger partial charge in [-0.1, -0.05) is 23.7 Å². The predicted molar refractivity (Wildman–Crippen MR) is 146 cm³/mol. The van der Waals surface area contributed by atoms with Crippen LogP contribution < -0.4 is 10.1 Å². The van der Waals surface area contributed by atoms with Gasteiger partial charge in [-0.15, -0.1) is 11.8 Å². The molecule has 1 heterocycles. The Labute approximate surface area is 219 Å². The molecule has 1 N–H and O–H groups in total. The number of halogens is 1. The summed E-state index contributed by atoms with van der Waals surface area (Å²) in [7, 11) is -2.14. The van der Waals surface area contributed by atoms with Gasteiger partial charge in [-0.2, -0.15) is 0 Å². The molecule has 9 heteroatoms. The number of thioether (sulfide) groups is 1. The fourth-order valence-corrected chi connectivity index (χ4v) is 5.25. The van der Waals surface area contributed by atoms with Crippen LogP contribution in [0.5, 0.6) is 5.75 Å². The average Bonchev–Trinajstić information content (AvgIpc) is 2.89. The average molecular weight is 539 g/mol. The Kier molecular flexibility index (Phi) is 7.68. The number of methoxy groups -OCH3 is 1. The van der Waals surface area contributed by atoms with Gasteiger partial charge >= 0.3 is 0 Å². The Hall–Kier alpha value is -3.33. The number of carbonyl (C=O) groups is 1. The van der Waals surface area contributed by atoms with Gasteiger partial charge < -0.3 is 10.1 Å². The molecule has 0 aliphatic carbocycles. The van der Waals surface area contributed by atoms with Gasteiger partial charge in [0, 0.05) is 34.2 Å². The summed E-state index contributed by atoms with van der Waals surface area (Å²) in [6.45, 7) is 0. The lowest BCUT2D eigenvalue weighted by Crippen LogP contribution is -2.13. The van der Waals surface area contributed by atoms with Crippen LogP contribution in [0.4, 0.5) is 5.69 Å². The second-order valence-electron chi connectivity index (χ2n) is 7.91. The number of amides is 1. The summed E-state index contributed by atoms with van der Waals surface area (Å²) < 4.78 is 30.0. The van der Waals surface area contributed by atoms with Crippen LogP contribution in [0.1, 0.15) is 10.4 Å². The second kappa shape index (κ2) is 10.7. The highest BCUT2D eigenvalue weighted by molar-refractivity contribution is 7.98. The zero-order valence-electron chi connectivity index (χ0n) is 19.8. The first kappa shape index (κ1) is 25.8. The maximum absolute atomic E-state index is 13.4. The van der Waals surface area contributed by atoms with Crippen LogP contribution >= 0.6 is 23.4 Å². The molecular weight excluding hydrogens is 516 g/mol. The summed E-state index contributed by atoms with van der Waals surface area (Å²) in [6, 6.07) is 21.0. The molecule has 36 heavy (non-hydrogen) atoms. The number of hydrogen-bond donors (Lipinski definition) is 1. The Balaban J connectivity index is 1.76. The van der Waals surface area contributed by atoms with Crippen LogP contribution in [-0.2, 0) is 9.84 Å². The number of hydrogen-bond acceptors (Lipinski definition) is 6. The topological polar surface area (TPSA) is 85.4 Å². The summed E-state index contributed by atoms with van der Waals surface area (Å²) in [5.41, 5.74) is 3.52. The summed E-state index contributed by atoms with van der Waals surface area (Å²) in [4.78, 5) is 18.8. The molecule has 0 saturated carbocycles. The molecule has 0 unspecified atom stereocenters. The number of pyridine rings is 1. The van der Waals surface area contributed by atoms with E-state index < -0.39 is 9.84 Å². The number of rotatable bonds is 7. The third-order valence-electron chi connectivity index (χ3n) is 5.51. The summed E-state index contributed by atoms with van der Waals surface area (Å²) >= 11 is 7.91. The van der Waals surface area contributed by atoms with E-state index in [0.717, 1.165) is 11.2 Å². The van der Waals surface area contributed by atoms with Gasteiger partial charge in [-0.25, -0.2) is 8.42 Å². The largest absolute Gasteiger partial charge is 0.495 e. The van der Waals surface area contributed by atoms with E-state index >= 15 is 0 Å². The fourth-order valence-electron chi connectivity index (χ4n) is 3.74.